The van der Waals surface area contributed by atoms with Gasteiger partial charge in [-0.2, -0.15) is 0 Å². The molecule has 2 aliphatic carbocycles. The summed E-state index contributed by atoms with van der Waals surface area (Å²) in [5.41, 5.74) is 3.62. The number of aryl methyl sites for hydroxylation is 1. The van der Waals surface area contributed by atoms with Crippen molar-refractivity contribution in [3.05, 3.63) is 46.6 Å². The molecule has 32 heavy (non-hydrogen) atoms. The Labute approximate surface area is 193 Å². The third kappa shape index (κ3) is 5.57. The van der Waals surface area contributed by atoms with Crippen LogP contribution in [0.25, 0.3) is 0 Å². The van der Waals surface area contributed by atoms with Crippen LogP contribution in [0, 0.1) is 5.92 Å². The molecule has 0 aliphatic heterocycles. The lowest BCUT2D eigenvalue weighted by atomic mass is 9.73. The largest absolute Gasteiger partial charge is 0.507 e. The molecule has 4 heteroatoms. The number of esters is 1. The Morgan fingerprint density at radius 2 is 1.88 bits per heavy atom. The molecular formula is C28H40O4. The maximum Gasteiger partial charge on any atom is 0.342 e. The van der Waals surface area contributed by atoms with Gasteiger partial charge in [-0.05, 0) is 82.8 Å². The van der Waals surface area contributed by atoms with Crippen molar-refractivity contribution in [2.75, 3.05) is 0 Å². The Bertz CT molecular complexity index is 861. The molecule has 2 atom stereocenters. The number of phenols is 2. The van der Waals surface area contributed by atoms with Crippen LogP contribution < -0.4 is 0 Å². The normalized spacial score (nSPS) is 21.8. The van der Waals surface area contributed by atoms with Crippen LogP contribution in [0.2, 0.25) is 0 Å². The number of aromatic hydroxyl groups is 2. The summed E-state index contributed by atoms with van der Waals surface area (Å²) in [6, 6.07) is 1.69. The summed E-state index contributed by atoms with van der Waals surface area (Å²) in [6.07, 6.45) is 12.6. The maximum atomic E-state index is 13.3. The van der Waals surface area contributed by atoms with Gasteiger partial charge in [-0.25, -0.2) is 4.79 Å². The smallest absolute Gasteiger partial charge is 0.342 e. The van der Waals surface area contributed by atoms with Crippen molar-refractivity contribution in [3.8, 4) is 11.5 Å². The lowest BCUT2D eigenvalue weighted by Gasteiger charge is -2.32. The first-order chi connectivity index (χ1) is 15.3. The molecule has 3 rings (SSSR count). The van der Waals surface area contributed by atoms with E-state index >= 15 is 0 Å². The van der Waals surface area contributed by atoms with Gasteiger partial charge in [-0.3, -0.25) is 0 Å². The van der Waals surface area contributed by atoms with Crippen LogP contribution in [-0.4, -0.2) is 22.3 Å². The minimum Gasteiger partial charge on any atom is -0.507 e. The lowest BCUT2D eigenvalue weighted by molar-refractivity contribution is 0.0206. The summed E-state index contributed by atoms with van der Waals surface area (Å²) in [5, 5.41) is 22.4. The van der Waals surface area contributed by atoms with E-state index in [1.807, 2.05) is 6.92 Å². The zero-order valence-electron chi connectivity index (χ0n) is 20.1. The Hall–Kier alpha value is -2.23. The molecule has 1 aromatic rings. The minimum atomic E-state index is -0.453. The van der Waals surface area contributed by atoms with Gasteiger partial charge in [0.1, 0.15) is 23.2 Å². The molecule has 2 aliphatic rings. The number of benzene rings is 1. The molecule has 0 aromatic heterocycles. The van der Waals surface area contributed by atoms with Crippen molar-refractivity contribution in [2.24, 2.45) is 5.92 Å². The number of allylic oxidation sites excluding steroid dienone is 3. The molecule has 0 spiro atoms. The van der Waals surface area contributed by atoms with E-state index in [0.29, 0.717) is 17.5 Å². The summed E-state index contributed by atoms with van der Waals surface area (Å²) in [5.74, 6) is -0.591. The van der Waals surface area contributed by atoms with E-state index in [4.69, 9.17) is 4.74 Å². The Morgan fingerprint density at radius 3 is 2.53 bits per heavy atom. The Balaban J connectivity index is 2.04. The number of carbonyl (C=O) groups excluding carboxylic acids is 1. The molecule has 0 bridgehead atoms. The van der Waals surface area contributed by atoms with Gasteiger partial charge >= 0.3 is 5.97 Å². The van der Waals surface area contributed by atoms with Crippen LogP contribution in [0.15, 0.2) is 29.9 Å². The quantitative estimate of drug-likeness (QED) is 0.252. The monoisotopic (exact) mass is 440 g/mol. The van der Waals surface area contributed by atoms with Crippen LogP contribution in [0.5, 0.6) is 11.5 Å². The lowest BCUT2D eigenvalue weighted by Crippen LogP contribution is -2.23. The second kappa shape index (κ2) is 11.1. The Kier molecular flexibility index (Phi) is 8.44. The third-order valence-corrected chi connectivity index (χ3v) is 7.19. The second-order valence-electron chi connectivity index (χ2n) is 9.84. The summed E-state index contributed by atoms with van der Waals surface area (Å²) >= 11 is 0. The van der Waals surface area contributed by atoms with Gasteiger partial charge in [0.2, 0.25) is 0 Å². The molecule has 0 heterocycles. The fraction of sp³-hybridized carbons (Fsp3) is 0.607. The summed E-state index contributed by atoms with van der Waals surface area (Å²) < 4.78 is 5.87. The van der Waals surface area contributed by atoms with Gasteiger partial charge in [0.05, 0.1) is 0 Å². The van der Waals surface area contributed by atoms with Crippen molar-refractivity contribution >= 4 is 5.97 Å². The van der Waals surface area contributed by atoms with E-state index in [-0.39, 0.29) is 35.0 Å². The molecule has 1 saturated carbocycles. The minimum absolute atomic E-state index is 0.0606. The van der Waals surface area contributed by atoms with Crippen LogP contribution >= 0.6 is 0 Å². The number of ether oxygens (including phenoxy) is 1. The number of phenolic OH excluding ortho intramolecular Hbond substituents is 2. The van der Waals surface area contributed by atoms with Crippen LogP contribution in [-0.2, 0) is 11.2 Å². The SMILES string of the molecule is C=C(C)[C@@H]1CCC(C)=CC1c1c(O)cc(CCCCC)c(C(=O)OC2CCCCC2)c1O. The van der Waals surface area contributed by atoms with Crippen LogP contribution in [0.1, 0.15) is 112 Å². The summed E-state index contributed by atoms with van der Waals surface area (Å²) in [7, 11) is 0. The highest BCUT2D eigenvalue weighted by atomic mass is 16.5. The first-order valence-electron chi connectivity index (χ1n) is 12.4. The number of hydrogen-bond donors (Lipinski definition) is 2. The molecule has 0 saturated heterocycles. The number of unbranched alkanes of at least 4 members (excludes halogenated alkanes) is 2. The molecule has 176 valence electrons. The molecule has 0 amide bonds. The third-order valence-electron chi connectivity index (χ3n) is 7.19. The van der Waals surface area contributed by atoms with Gasteiger partial charge in [-0.1, -0.05) is 50.0 Å². The van der Waals surface area contributed by atoms with E-state index < -0.39 is 5.97 Å². The molecule has 0 radical (unpaired) electrons. The molecular weight excluding hydrogens is 400 g/mol. The topological polar surface area (TPSA) is 66.8 Å². The number of carbonyl (C=O) groups is 1. The van der Waals surface area contributed by atoms with Crippen molar-refractivity contribution in [3.63, 3.8) is 0 Å². The maximum absolute atomic E-state index is 13.3. The fourth-order valence-electron chi connectivity index (χ4n) is 5.34. The predicted molar refractivity (Wildman–Crippen MR) is 129 cm³/mol. The average molecular weight is 441 g/mol. The molecule has 1 unspecified atom stereocenters. The van der Waals surface area contributed by atoms with Gasteiger partial charge in [0, 0.05) is 11.5 Å². The predicted octanol–water partition coefficient (Wildman–Crippen LogP) is 7.34. The van der Waals surface area contributed by atoms with Gasteiger partial charge in [0.25, 0.3) is 0 Å². The molecule has 1 fully saturated rings. The van der Waals surface area contributed by atoms with Crippen molar-refractivity contribution in [1.82, 2.24) is 0 Å². The standard InChI is InChI=1S/C28H40O4/c1-5-6-8-11-20-17-24(29)26(23-16-19(4)14-15-22(23)18(2)3)27(30)25(20)28(31)32-21-12-9-7-10-13-21/h16-17,21-23,29-30H,2,5-15H2,1,3-4H3/t22-,23?/m0/s1. The van der Waals surface area contributed by atoms with E-state index in [0.717, 1.165) is 63.4 Å². The van der Waals surface area contributed by atoms with Gasteiger partial charge in [-0.15, -0.1) is 0 Å². The van der Waals surface area contributed by atoms with E-state index in [9.17, 15) is 15.0 Å². The number of hydrogen-bond acceptors (Lipinski definition) is 4. The summed E-state index contributed by atoms with van der Waals surface area (Å²) in [4.78, 5) is 13.3. The Morgan fingerprint density at radius 1 is 1.16 bits per heavy atom. The molecule has 1 aromatic carbocycles. The highest BCUT2D eigenvalue weighted by Crippen LogP contribution is 2.48. The van der Waals surface area contributed by atoms with Crippen molar-refractivity contribution in [2.45, 2.75) is 103 Å². The summed E-state index contributed by atoms with van der Waals surface area (Å²) in [6.45, 7) is 10.4. The van der Waals surface area contributed by atoms with E-state index in [1.165, 1.54) is 12.0 Å². The highest BCUT2D eigenvalue weighted by Gasteiger charge is 2.34. The van der Waals surface area contributed by atoms with Crippen molar-refractivity contribution in [1.29, 1.82) is 0 Å². The van der Waals surface area contributed by atoms with E-state index in [1.54, 1.807) is 6.07 Å². The van der Waals surface area contributed by atoms with Crippen LogP contribution in [0.3, 0.4) is 0 Å². The fourth-order valence-corrected chi connectivity index (χ4v) is 5.34. The van der Waals surface area contributed by atoms with Gasteiger partial charge < -0.3 is 14.9 Å². The van der Waals surface area contributed by atoms with E-state index in [2.05, 4.69) is 26.5 Å². The first kappa shape index (κ1) is 24.4. The first-order valence-corrected chi connectivity index (χ1v) is 12.4. The van der Waals surface area contributed by atoms with Crippen LogP contribution in [0.4, 0.5) is 0 Å². The zero-order valence-corrected chi connectivity index (χ0v) is 20.1. The van der Waals surface area contributed by atoms with Gasteiger partial charge in [0.15, 0.2) is 0 Å². The molecule has 4 nitrogen and oxygen atoms in total. The second-order valence-corrected chi connectivity index (χ2v) is 9.84. The zero-order chi connectivity index (χ0) is 23.3. The highest BCUT2D eigenvalue weighted by molar-refractivity contribution is 5.95. The van der Waals surface area contributed by atoms with Crippen molar-refractivity contribution < 1.29 is 19.7 Å². The molecule has 2 N–H and O–H groups in total. The average Bonchev–Trinajstić information content (AvgIpc) is 2.74. The number of rotatable bonds is 8.